The Morgan fingerprint density at radius 3 is 1.55 bits per heavy atom. The summed E-state index contributed by atoms with van der Waals surface area (Å²) in [6.07, 6.45) is 2.29. The van der Waals surface area contributed by atoms with E-state index in [2.05, 4.69) is 98.7 Å². The van der Waals surface area contributed by atoms with Crippen molar-refractivity contribution in [1.29, 1.82) is 0 Å². The Labute approximate surface area is 364 Å². The zero-order valence-corrected chi connectivity index (χ0v) is 38.5. The van der Waals surface area contributed by atoms with Gasteiger partial charge in [0.2, 0.25) is 11.9 Å². The minimum absolute atomic E-state index is 0.107. The molecule has 3 rings (SSSR count). The monoisotopic (exact) mass is 871 g/mol. The summed E-state index contributed by atoms with van der Waals surface area (Å²) in [4.78, 5) is 93.3. The highest BCUT2D eigenvalue weighted by Crippen LogP contribution is 2.08. The molecule has 0 unspecified atom stereocenters. The lowest BCUT2D eigenvalue weighted by molar-refractivity contribution is -0.895. The number of likely N-dealkylation sites (N-methyl/N-ethyl adjacent to an activating group) is 3. The van der Waals surface area contributed by atoms with Crippen LogP contribution in [0.15, 0.2) is 38.6 Å². The molecule has 0 saturated heterocycles. The van der Waals surface area contributed by atoms with Crippen molar-refractivity contribution in [3.8, 4) is 0 Å². The molecule has 21 nitrogen and oxygen atoms in total. The molecule has 0 fully saturated rings. The molecule has 0 atom stereocenters. The predicted molar refractivity (Wildman–Crippen MR) is 243 cm³/mol. The molecule has 0 aliphatic rings. The summed E-state index contributed by atoms with van der Waals surface area (Å²) in [5.74, 6) is 0.657. The number of quaternary nitrogens is 3. The van der Waals surface area contributed by atoms with Gasteiger partial charge < -0.3 is 34.4 Å². The number of aromatic nitrogens is 5. The van der Waals surface area contributed by atoms with Gasteiger partial charge in [-0.05, 0) is 20.8 Å². The van der Waals surface area contributed by atoms with Crippen LogP contribution >= 0.6 is 0 Å². The van der Waals surface area contributed by atoms with Crippen LogP contribution in [0.4, 0.5) is 32.1 Å². The van der Waals surface area contributed by atoms with Gasteiger partial charge in [-0.25, -0.2) is 24.4 Å². The molecule has 0 aromatic carbocycles. The van der Waals surface area contributed by atoms with Gasteiger partial charge in [0, 0.05) is 107 Å². The Morgan fingerprint density at radius 2 is 1.06 bits per heavy atom. The number of rotatable bonds is 24. The topological polar surface area (TPSA) is 242 Å². The Bertz CT molecular complexity index is 2020. The molecule has 0 bridgehead atoms. The minimum Gasteiger partial charge on any atom is -0.345 e. The third-order valence-corrected chi connectivity index (χ3v) is 10.5. The standard InChI is InChI=1S/C41H69N15O6/c1-30-26-33(57)29-34(45-30)48-39(60)42-14-11-20-54(5,6)23-17-53(18-24-55(7,8)21-12-15-43-40(61)51-37-46-31(2)27-35(58)49-37)19-25-56(9,10)22-13-16-44-41(62)52(4)38-47-32(3)28-36(59)50-38/h26-29H,11-25H2,1-10H3,(H5-3,42,43,44,45,46,47,48,49,50,51,57,58,59,60,61,62)/p+3. The Balaban J connectivity index is 1.51. The van der Waals surface area contributed by atoms with E-state index in [1.807, 2.05) is 0 Å². The van der Waals surface area contributed by atoms with E-state index >= 15 is 0 Å². The Kier molecular flexibility index (Phi) is 19.3. The van der Waals surface area contributed by atoms with Crippen LogP contribution in [0.3, 0.4) is 0 Å². The van der Waals surface area contributed by atoms with Crippen molar-refractivity contribution < 1.29 is 27.8 Å². The molecule has 0 aliphatic heterocycles. The number of hydrogen-bond acceptors (Lipinski definition) is 9. The summed E-state index contributed by atoms with van der Waals surface area (Å²) >= 11 is 0. The second-order valence-electron chi connectivity index (χ2n) is 18.0. The van der Waals surface area contributed by atoms with Gasteiger partial charge in [0.1, 0.15) is 5.82 Å². The lowest BCUT2D eigenvalue weighted by atomic mass is 10.3. The highest BCUT2D eigenvalue weighted by atomic mass is 16.2. The first-order valence-electron chi connectivity index (χ1n) is 21.2. The van der Waals surface area contributed by atoms with Gasteiger partial charge in [-0.2, -0.15) is 0 Å². The number of nitrogens with one attached hydrogen (secondary N) is 8. The maximum atomic E-state index is 12.8. The first-order valence-corrected chi connectivity index (χ1v) is 21.2. The summed E-state index contributed by atoms with van der Waals surface area (Å²) in [6, 6.07) is 4.42. The average molecular weight is 871 g/mol. The number of amides is 6. The molecule has 8 N–H and O–H groups in total. The zero-order valence-electron chi connectivity index (χ0n) is 38.5. The molecule has 62 heavy (non-hydrogen) atoms. The van der Waals surface area contributed by atoms with Crippen molar-refractivity contribution in [2.75, 3.05) is 143 Å². The number of urea groups is 3. The number of aromatic amines is 3. The molecule has 6 amide bonds. The van der Waals surface area contributed by atoms with E-state index in [0.29, 0.717) is 42.5 Å². The SMILES string of the molecule is Cc1cc(=O)[nH]c(NC(=O)NCCC[N+](C)(C)CCN(CC[N+](C)(C)CCCNC(=O)Nc2cc(=O)cc(C)[nH]2)CC[N+](C)(C)CCCNC(=O)N(C)c2nc(C)cc(=O)[nH]2)n1. The van der Waals surface area contributed by atoms with E-state index in [4.69, 9.17) is 0 Å². The van der Waals surface area contributed by atoms with Gasteiger partial charge in [0.15, 0.2) is 5.43 Å². The molecule has 3 aromatic heterocycles. The summed E-state index contributed by atoms with van der Waals surface area (Å²) in [5, 5.41) is 13.9. The van der Waals surface area contributed by atoms with Crippen molar-refractivity contribution in [2.24, 2.45) is 0 Å². The summed E-state index contributed by atoms with van der Waals surface area (Å²) in [7, 11) is 14.7. The number of carbonyl (C=O) groups excluding carboxylic acids is 3. The lowest BCUT2D eigenvalue weighted by Crippen LogP contribution is -2.53. The first-order chi connectivity index (χ1) is 29.0. The van der Waals surface area contributed by atoms with Crippen molar-refractivity contribution in [3.05, 3.63) is 72.3 Å². The van der Waals surface area contributed by atoms with E-state index in [1.165, 1.54) is 29.2 Å². The van der Waals surface area contributed by atoms with Gasteiger partial charge in [-0.3, -0.25) is 44.8 Å². The van der Waals surface area contributed by atoms with Gasteiger partial charge in [-0.1, -0.05) is 0 Å². The molecular weight excluding hydrogens is 799 g/mol. The molecule has 0 saturated carbocycles. The van der Waals surface area contributed by atoms with E-state index in [1.54, 1.807) is 27.8 Å². The predicted octanol–water partition coefficient (Wildman–Crippen LogP) is 0.957. The number of nitrogens with zero attached hydrogens (tertiary/aromatic N) is 7. The second-order valence-corrected chi connectivity index (χ2v) is 18.0. The zero-order chi connectivity index (χ0) is 46.1. The fourth-order valence-electron chi connectivity index (χ4n) is 6.67. The van der Waals surface area contributed by atoms with Crippen LogP contribution in [-0.4, -0.2) is 189 Å². The highest BCUT2D eigenvalue weighted by Gasteiger charge is 2.24. The quantitative estimate of drug-likeness (QED) is 0.0472. The number of aryl methyl sites for hydroxylation is 3. The van der Waals surface area contributed by atoms with Crippen molar-refractivity contribution in [1.82, 2.24) is 45.8 Å². The highest BCUT2D eigenvalue weighted by molar-refractivity contribution is 5.89. The van der Waals surface area contributed by atoms with E-state index in [0.717, 1.165) is 91.6 Å². The van der Waals surface area contributed by atoms with Crippen molar-refractivity contribution >= 4 is 35.8 Å². The maximum absolute atomic E-state index is 12.8. The van der Waals surface area contributed by atoms with Crippen LogP contribution in [0.5, 0.6) is 0 Å². The molecule has 0 radical (unpaired) electrons. The van der Waals surface area contributed by atoms with Gasteiger partial charge in [0.25, 0.3) is 11.1 Å². The van der Waals surface area contributed by atoms with Crippen molar-refractivity contribution in [2.45, 2.75) is 40.0 Å². The Hall–Kier alpha value is -5.64. The third kappa shape index (κ3) is 19.8. The number of hydrogen-bond donors (Lipinski definition) is 8. The summed E-state index contributed by atoms with van der Waals surface area (Å²) in [5.41, 5.74) is 0.890. The molecule has 3 heterocycles. The van der Waals surface area contributed by atoms with E-state index in [9.17, 15) is 28.8 Å². The smallest absolute Gasteiger partial charge is 0.323 e. The summed E-state index contributed by atoms with van der Waals surface area (Å²) in [6.45, 7) is 14.4. The van der Waals surface area contributed by atoms with Crippen molar-refractivity contribution in [3.63, 3.8) is 0 Å². The van der Waals surface area contributed by atoms with Gasteiger partial charge in [-0.15, -0.1) is 0 Å². The fraction of sp³-hybridized carbons (Fsp3) is 0.610. The van der Waals surface area contributed by atoms with Crippen LogP contribution < -0.4 is 48.0 Å². The molecule has 0 spiro atoms. The molecule has 0 aliphatic carbocycles. The number of anilines is 3. The van der Waals surface area contributed by atoms with Crippen LogP contribution in [-0.2, 0) is 0 Å². The molecule has 3 aromatic rings. The van der Waals surface area contributed by atoms with Crippen LogP contribution in [0.1, 0.15) is 36.3 Å². The van der Waals surface area contributed by atoms with E-state index in [-0.39, 0.29) is 40.5 Å². The van der Waals surface area contributed by atoms with Gasteiger partial charge in [0.05, 0.1) is 81.6 Å². The normalized spacial score (nSPS) is 11.9. The minimum atomic E-state index is -0.428. The number of H-pyrrole nitrogens is 3. The maximum Gasteiger partial charge on any atom is 0.323 e. The van der Waals surface area contributed by atoms with Crippen LogP contribution in [0.25, 0.3) is 0 Å². The first kappa shape index (κ1) is 50.7. The number of carbonyl (C=O) groups is 3. The van der Waals surface area contributed by atoms with Gasteiger partial charge >= 0.3 is 18.1 Å². The lowest BCUT2D eigenvalue weighted by Gasteiger charge is -2.37. The van der Waals surface area contributed by atoms with Crippen LogP contribution in [0, 0.1) is 20.8 Å². The van der Waals surface area contributed by atoms with E-state index < -0.39 is 6.03 Å². The molecule has 344 valence electrons. The number of pyridine rings is 1. The molecule has 21 heteroatoms. The second kappa shape index (κ2) is 23.5. The summed E-state index contributed by atoms with van der Waals surface area (Å²) < 4.78 is 2.28. The fourth-order valence-corrected chi connectivity index (χ4v) is 6.67. The largest absolute Gasteiger partial charge is 0.345 e. The Morgan fingerprint density at radius 1 is 0.597 bits per heavy atom. The molecular formula is C41H72N15O6+3. The average Bonchev–Trinajstić information content (AvgIpc) is 3.15. The van der Waals surface area contributed by atoms with Crippen LogP contribution in [0.2, 0.25) is 0 Å². The third-order valence-electron chi connectivity index (χ3n) is 10.5.